The molecule has 5 nitrogen and oxygen atoms in total. The maximum Gasteiger partial charge on any atom is 0.257 e. The SMILES string of the molecule is Cc1ccc(N=c2oc3ccc(Cl)cc3cc2C(=O)NCc2ccco2)c(C)c1. The molecule has 2 aromatic heterocycles. The predicted octanol–water partition coefficient (Wildman–Crippen LogP) is 5.46. The molecule has 0 bridgehead atoms. The zero-order valence-electron chi connectivity index (χ0n) is 16.0. The van der Waals surface area contributed by atoms with E-state index in [1.807, 2.05) is 32.0 Å². The van der Waals surface area contributed by atoms with Gasteiger partial charge in [-0.2, -0.15) is 0 Å². The third-order valence-electron chi connectivity index (χ3n) is 4.53. The lowest BCUT2D eigenvalue weighted by Crippen LogP contribution is -2.28. The normalized spacial score (nSPS) is 11.8. The van der Waals surface area contributed by atoms with Crippen molar-refractivity contribution in [3.05, 3.63) is 93.9 Å². The number of rotatable bonds is 4. The summed E-state index contributed by atoms with van der Waals surface area (Å²) in [5.74, 6) is 0.350. The van der Waals surface area contributed by atoms with Gasteiger partial charge in [0.1, 0.15) is 16.9 Å². The summed E-state index contributed by atoms with van der Waals surface area (Å²) in [4.78, 5) is 17.5. The first-order valence-electron chi connectivity index (χ1n) is 9.15. The highest BCUT2D eigenvalue weighted by Gasteiger charge is 2.14. The Morgan fingerprint density at radius 2 is 1.97 bits per heavy atom. The summed E-state index contributed by atoms with van der Waals surface area (Å²) in [5.41, 5.74) is 4.05. The van der Waals surface area contributed by atoms with E-state index < -0.39 is 0 Å². The van der Waals surface area contributed by atoms with Gasteiger partial charge in [0.05, 0.1) is 18.5 Å². The zero-order valence-corrected chi connectivity index (χ0v) is 16.8. The standard InChI is InChI=1S/C23H19ClN2O3/c1-14-5-7-20(15(2)10-14)26-23-19(22(27)25-13-18-4-3-9-28-18)12-16-11-17(24)6-8-21(16)29-23/h3-12H,13H2,1-2H3,(H,25,27). The van der Waals surface area contributed by atoms with Crippen molar-refractivity contribution in [3.8, 4) is 0 Å². The Balaban J connectivity index is 1.82. The van der Waals surface area contributed by atoms with Crippen molar-refractivity contribution in [2.24, 2.45) is 4.99 Å². The maximum atomic E-state index is 12.9. The molecule has 6 heteroatoms. The van der Waals surface area contributed by atoms with Gasteiger partial charge in [0.2, 0.25) is 5.55 Å². The minimum atomic E-state index is -0.310. The molecule has 0 aliphatic rings. The molecular formula is C23H19ClN2O3. The van der Waals surface area contributed by atoms with Crippen LogP contribution in [-0.2, 0) is 6.54 Å². The first-order valence-corrected chi connectivity index (χ1v) is 9.53. The molecular weight excluding hydrogens is 388 g/mol. The molecule has 4 aromatic rings. The highest BCUT2D eigenvalue weighted by Crippen LogP contribution is 2.21. The summed E-state index contributed by atoms with van der Waals surface area (Å²) in [6, 6.07) is 16.5. The van der Waals surface area contributed by atoms with Gasteiger partial charge in [-0.1, -0.05) is 29.3 Å². The highest BCUT2D eigenvalue weighted by atomic mass is 35.5. The van der Waals surface area contributed by atoms with E-state index in [9.17, 15) is 4.79 Å². The lowest BCUT2D eigenvalue weighted by atomic mass is 10.1. The van der Waals surface area contributed by atoms with E-state index in [2.05, 4.69) is 10.3 Å². The van der Waals surface area contributed by atoms with Crippen molar-refractivity contribution in [1.29, 1.82) is 0 Å². The van der Waals surface area contributed by atoms with Crippen LogP contribution < -0.4 is 10.9 Å². The molecule has 0 unspecified atom stereocenters. The third-order valence-corrected chi connectivity index (χ3v) is 4.77. The number of amides is 1. The van der Waals surface area contributed by atoms with Crippen molar-refractivity contribution in [2.75, 3.05) is 0 Å². The third kappa shape index (κ3) is 4.25. The molecule has 29 heavy (non-hydrogen) atoms. The van der Waals surface area contributed by atoms with Crippen LogP contribution in [0.4, 0.5) is 5.69 Å². The van der Waals surface area contributed by atoms with Crippen molar-refractivity contribution in [3.63, 3.8) is 0 Å². The van der Waals surface area contributed by atoms with Crippen LogP contribution in [-0.4, -0.2) is 5.91 Å². The van der Waals surface area contributed by atoms with Gasteiger partial charge < -0.3 is 14.2 Å². The molecule has 1 amide bonds. The Hall–Kier alpha value is -3.31. The van der Waals surface area contributed by atoms with E-state index in [4.69, 9.17) is 20.4 Å². The van der Waals surface area contributed by atoms with Gasteiger partial charge >= 0.3 is 0 Å². The van der Waals surface area contributed by atoms with E-state index in [-0.39, 0.29) is 18.0 Å². The van der Waals surface area contributed by atoms with Crippen molar-refractivity contribution in [2.45, 2.75) is 20.4 Å². The number of hydrogen-bond acceptors (Lipinski definition) is 4. The van der Waals surface area contributed by atoms with Crippen LogP contribution in [0.2, 0.25) is 5.02 Å². The van der Waals surface area contributed by atoms with Gasteiger partial charge in [-0.25, -0.2) is 4.99 Å². The van der Waals surface area contributed by atoms with Crippen molar-refractivity contribution < 1.29 is 13.6 Å². The predicted molar refractivity (Wildman–Crippen MR) is 112 cm³/mol. The quantitative estimate of drug-likeness (QED) is 0.489. The lowest BCUT2D eigenvalue weighted by molar-refractivity contribution is 0.0944. The second-order valence-corrected chi connectivity index (χ2v) is 7.25. The number of nitrogens with zero attached hydrogens (tertiary/aromatic N) is 1. The number of hydrogen-bond donors (Lipinski definition) is 1. The molecule has 1 N–H and O–H groups in total. The van der Waals surface area contributed by atoms with E-state index in [0.29, 0.717) is 21.9 Å². The van der Waals surface area contributed by atoms with E-state index >= 15 is 0 Å². The first-order chi connectivity index (χ1) is 14.0. The van der Waals surface area contributed by atoms with Gasteiger partial charge in [0.15, 0.2) is 0 Å². The Morgan fingerprint density at radius 3 is 2.72 bits per heavy atom. The second kappa shape index (κ2) is 7.97. The molecule has 0 radical (unpaired) electrons. The van der Waals surface area contributed by atoms with Crippen LogP contribution in [0.15, 0.2) is 74.7 Å². The van der Waals surface area contributed by atoms with Crippen molar-refractivity contribution in [1.82, 2.24) is 5.32 Å². The Morgan fingerprint density at radius 1 is 1.10 bits per heavy atom. The summed E-state index contributed by atoms with van der Waals surface area (Å²) in [5, 5.41) is 4.13. The van der Waals surface area contributed by atoms with Crippen LogP contribution >= 0.6 is 11.6 Å². The molecule has 0 saturated heterocycles. The smallest absolute Gasteiger partial charge is 0.257 e. The Labute approximate surface area is 172 Å². The topological polar surface area (TPSA) is 67.7 Å². The minimum Gasteiger partial charge on any atom is -0.467 e. The van der Waals surface area contributed by atoms with Gasteiger partial charge in [-0.15, -0.1) is 0 Å². The molecule has 146 valence electrons. The van der Waals surface area contributed by atoms with E-state index in [1.165, 1.54) is 0 Å². The summed E-state index contributed by atoms with van der Waals surface area (Å²) < 4.78 is 11.3. The fourth-order valence-electron chi connectivity index (χ4n) is 3.06. The Bertz CT molecular complexity index is 1260. The van der Waals surface area contributed by atoms with Crippen LogP contribution in [0.25, 0.3) is 11.0 Å². The number of carbonyl (C=O) groups is 1. The Kier molecular flexibility index (Phi) is 5.23. The molecule has 4 rings (SSSR count). The molecule has 2 aromatic carbocycles. The molecule has 0 spiro atoms. The molecule has 2 heterocycles. The zero-order chi connectivity index (χ0) is 20.4. The van der Waals surface area contributed by atoms with Gasteiger partial charge in [-0.05, 0) is 61.9 Å². The number of nitrogens with one attached hydrogen (secondary N) is 1. The lowest BCUT2D eigenvalue weighted by Gasteiger charge is -2.07. The summed E-state index contributed by atoms with van der Waals surface area (Å²) in [6.07, 6.45) is 1.57. The molecule has 0 aliphatic heterocycles. The average molecular weight is 407 g/mol. The van der Waals surface area contributed by atoms with Gasteiger partial charge in [0.25, 0.3) is 5.91 Å². The second-order valence-electron chi connectivity index (χ2n) is 6.81. The first kappa shape index (κ1) is 19.0. The largest absolute Gasteiger partial charge is 0.467 e. The fraction of sp³-hybridized carbons (Fsp3) is 0.130. The van der Waals surface area contributed by atoms with E-state index in [1.54, 1.807) is 42.7 Å². The molecule has 0 fully saturated rings. The van der Waals surface area contributed by atoms with Crippen LogP contribution in [0, 0.1) is 13.8 Å². The minimum absolute atomic E-state index is 0.240. The number of aryl methyl sites for hydroxylation is 2. The summed E-state index contributed by atoms with van der Waals surface area (Å²) in [7, 11) is 0. The van der Waals surface area contributed by atoms with E-state index in [0.717, 1.165) is 22.2 Å². The van der Waals surface area contributed by atoms with Gasteiger partial charge in [-0.3, -0.25) is 4.79 Å². The monoisotopic (exact) mass is 406 g/mol. The summed E-state index contributed by atoms with van der Waals surface area (Å²) in [6.45, 7) is 4.26. The number of furan rings is 1. The molecule has 0 saturated carbocycles. The molecule has 0 aliphatic carbocycles. The van der Waals surface area contributed by atoms with Crippen LogP contribution in [0.5, 0.6) is 0 Å². The van der Waals surface area contributed by atoms with Crippen molar-refractivity contribution >= 4 is 34.2 Å². The fourth-order valence-corrected chi connectivity index (χ4v) is 3.24. The summed E-state index contributed by atoms with van der Waals surface area (Å²) >= 11 is 6.11. The average Bonchev–Trinajstić information content (AvgIpc) is 3.21. The number of benzene rings is 2. The van der Waals surface area contributed by atoms with Gasteiger partial charge in [0, 0.05) is 10.4 Å². The number of halogens is 1. The highest BCUT2D eigenvalue weighted by molar-refractivity contribution is 6.31. The maximum absolute atomic E-state index is 12.9. The van der Waals surface area contributed by atoms with Crippen LogP contribution in [0.1, 0.15) is 27.2 Å². The number of carbonyl (C=O) groups excluding carboxylic acids is 1. The number of fused-ring (bicyclic) bond motifs is 1. The van der Waals surface area contributed by atoms with Crippen LogP contribution in [0.3, 0.4) is 0 Å². The molecule has 0 atom stereocenters.